The molecule has 0 aliphatic heterocycles. The van der Waals surface area contributed by atoms with Crippen LogP contribution in [0.1, 0.15) is 18.5 Å². The third-order valence-electron chi connectivity index (χ3n) is 5.81. The van der Waals surface area contributed by atoms with Crippen LogP contribution in [-0.4, -0.2) is 37.3 Å². The number of nitrogens with one attached hydrogen (secondary N) is 1. The second kappa shape index (κ2) is 10.3. The highest BCUT2D eigenvalue weighted by molar-refractivity contribution is 5.94. The van der Waals surface area contributed by atoms with E-state index in [2.05, 4.69) is 5.32 Å². The highest BCUT2D eigenvalue weighted by Gasteiger charge is 2.18. The molecule has 1 aromatic heterocycles. The Balaban J connectivity index is 1.47. The van der Waals surface area contributed by atoms with Crippen molar-refractivity contribution in [2.45, 2.75) is 19.5 Å². The Kier molecular flexibility index (Phi) is 7.01. The molecule has 0 spiro atoms. The molecule has 1 atom stereocenters. The molecule has 0 radical (unpaired) electrons. The van der Waals surface area contributed by atoms with Crippen molar-refractivity contribution in [3.8, 4) is 11.5 Å². The second-order valence-corrected chi connectivity index (χ2v) is 8.01. The number of rotatable bonds is 8. The maximum atomic E-state index is 12.8. The number of aromatic nitrogens is 1. The molecule has 0 bridgehead atoms. The molecule has 1 amide bonds. The van der Waals surface area contributed by atoms with Gasteiger partial charge in [-0.3, -0.25) is 14.4 Å². The molecule has 0 fully saturated rings. The predicted molar refractivity (Wildman–Crippen MR) is 133 cm³/mol. The van der Waals surface area contributed by atoms with Crippen LogP contribution in [0.2, 0.25) is 0 Å². The SMILES string of the molecule is COc1ccc(OC)c(C(C)NC(=O)COC(=O)Cn2c3ccccc3c(=O)c3ccccc32)c1. The van der Waals surface area contributed by atoms with Gasteiger partial charge in [0.05, 0.1) is 31.3 Å². The summed E-state index contributed by atoms with van der Waals surface area (Å²) in [6.45, 7) is 1.22. The second-order valence-electron chi connectivity index (χ2n) is 8.01. The van der Waals surface area contributed by atoms with Gasteiger partial charge in [-0.15, -0.1) is 0 Å². The number of carbonyl (C=O) groups excluding carboxylic acids is 2. The summed E-state index contributed by atoms with van der Waals surface area (Å²) >= 11 is 0. The highest BCUT2D eigenvalue weighted by atomic mass is 16.5. The number of ether oxygens (including phenoxy) is 3. The molecule has 3 aromatic carbocycles. The molecule has 8 heteroatoms. The van der Waals surface area contributed by atoms with Crippen LogP contribution in [0.25, 0.3) is 21.8 Å². The quantitative estimate of drug-likeness (QED) is 0.310. The number of pyridine rings is 1. The molecule has 0 saturated heterocycles. The van der Waals surface area contributed by atoms with Crippen molar-refractivity contribution in [1.82, 2.24) is 9.88 Å². The summed E-state index contributed by atoms with van der Waals surface area (Å²) in [5, 5.41) is 3.83. The van der Waals surface area contributed by atoms with E-state index in [1.54, 1.807) is 92.4 Å². The first-order valence-corrected chi connectivity index (χ1v) is 11.1. The summed E-state index contributed by atoms with van der Waals surface area (Å²) in [7, 11) is 3.11. The van der Waals surface area contributed by atoms with Crippen LogP contribution in [0.5, 0.6) is 11.5 Å². The maximum absolute atomic E-state index is 12.8. The molecule has 180 valence electrons. The van der Waals surface area contributed by atoms with E-state index >= 15 is 0 Å². The molecule has 1 heterocycles. The van der Waals surface area contributed by atoms with Crippen molar-refractivity contribution in [3.05, 3.63) is 82.5 Å². The van der Waals surface area contributed by atoms with Gasteiger partial charge in [0.1, 0.15) is 18.0 Å². The Morgan fingerprint density at radius 2 is 1.54 bits per heavy atom. The van der Waals surface area contributed by atoms with Gasteiger partial charge in [0, 0.05) is 16.3 Å². The number of amides is 1. The van der Waals surface area contributed by atoms with E-state index in [0.717, 1.165) is 5.56 Å². The van der Waals surface area contributed by atoms with Gasteiger partial charge in [0.2, 0.25) is 0 Å². The van der Waals surface area contributed by atoms with Crippen molar-refractivity contribution < 1.29 is 23.8 Å². The summed E-state index contributed by atoms with van der Waals surface area (Å²) in [6, 6.07) is 19.1. The average molecular weight is 475 g/mol. The first-order valence-electron chi connectivity index (χ1n) is 11.1. The van der Waals surface area contributed by atoms with Gasteiger partial charge in [-0.1, -0.05) is 24.3 Å². The zero-order chi connectivity index (χ0) is 24.9. The van der Waals surface area contributed by atoms with Gasteiger partial charge >= 0.3 is 5.97 Å². The van der Waals surface area contributed by atoms with Gasteiger partial charge in [0.15, 0.2) is 12.0 Å². The third kappa shape index (κ3) is 4.96. The molecular formula is C27H26N2O6. The third-order valence-corrected chi connectivity index (χ3v) is 5.81. The fourth-order valence-corrected chi connectivity index (χ4v) is 4.11. The number of esters is 1. The van der Waals surface area contributed by atoms with Crippen molar-refractivity contribution in [1.29, 1.82) is 0 Å². The summed E-state index contributed by atoms with van der Waals surface area (Å²) in [5.74, 6) is 0.192. The van der Waals surface area contributed by atoms with E-state index < -0.39 is 24.5 Å². The molecule has 35 heavy (non-hydrogen) atoms. The van der Waals surface area contributed by atoms with E-state index in [4.69, 9.17) is 14.2 Å². The lowest BCUT2D eigenvalue weighted by Gasteiger charge is -2.18. The van der Waals surface area contributed by atoms with E-state index in [1.807, 2.05) is 0 Å². The Bertz CT molecular complexity index is 1400. The highest BCUT2D eigenvalue weighted by Crippen LogP contribution is 2.29. The summed E-state index contributed by atoms with van der Waals surface area (Å²) in [6.07, 6.45) is 0. The molecule has 8 nitrogen and oxygen atoms in total. The van der Waals surface area contributed by atoms with Gasteiger partial charge in [0.25, 0.3) is 5.91 Å². The van der Waals surface area contributed by atoms with Crippen LogP contribution < -0.4 is 20.2 Å². The van der Waals surface area contributed by atoms with Crippen molar-refractivity contribution in [2.75, 3.05) is 20.8 Å². The molecule has 0 saturated carbocycles. The number of methoxy groups -OCH3 is 2. The number of fused-ring (bicyclic) bond motifs is 2. The number of hydrogen-bond acceptors (Lipinski definition) is 6. The van der Waals surface area contributed by atoms with E-state index in [0.29, 0.717) is 33.3 Å². The summed E-state index contributed by atoms with van der Waals surface area (Å²) in [5.41, 5.74) is 1.88. The van der Waals surface area contributed by atoms with Crippen LogP contribution in [0.3, 0.4) is 0 Å². The topological polar surface area (TPSA) is 95.9 Å². The molecule has 0 aliphatic carbocycles. The Morgan fingerprint density at radius 1 is 0.914 bits per heavy atom. The number of hydrogen-bond donors (Lipinski definition) is 1. The van der Waals surface area contributed by atoms with Crippen molar-refractivity contribution >= 4 is 33.7 Å². The lowest BCUT2D eigenvalue weighted by molar-refractivity contribution is -0.149. The molecule has 1 N–H and O–H groups in total. The van der Waals surface area contributed by atoms with Crippen LogP contribution >= 0.6 is 0 Å². The van der Waals surface area contributed by atoms with Crippen LogP contribution in [0.15, 0.2) is 71.5 Å². The Hall–Kier alpha value is -4.33. The van der Waals surface area contributed by atoms with Gasteiger partial charge in [-0.05, 0) is 49.4 Å². The normalized spacial score (nSPS) is 11.7. The minimum absolute atomic E-state index is 0.0952. The standard InChI is InChI=1S/C27H26N2O6/c1-17(21-14-18(33-2)12-13-24(21)34-3)28-25(30)16-35-26(31)15-29-22-10-6-4-8-19(22)27(32)20-9-5-7-11-23(20)29/h4-14,17H,15-16H2,1-3H3,(H,28,30). The first kappa shape index (κ1) is 23.8. The fraction of sp³-hybridized carbons (Fsp3) is 0.222. The zero-order valence-electron chi connectivity index (χ0n) is 19.7. The van der Waals surface area contributed by atoms with Gasteiger partial charge in [-0.25, -0.2) is 0 Å². The number of carbonyl (C=O) groups is 2. The minimum Gasteiger partial charge on any atom is -0.497 e. The van der Waals surface area contributed by atoms with Gasteiger partial charge < -0.3 is 24.1 Å². The Labute approximate surface area is 202 Å². The van der Waals surface area contributed by atoms with E-state index in [1.165, 1.54) is 0 Å². The molecule has 1 unspecified atom stereocenters. The van der Waals surface area contributed by atoms with Crippen LogP contribution in [0.4, 0.5) is 0 Å². The lowest BCUT2D eigenvalue weighted by Crippen LogP contribution is -2.32. The predicted octanol–water partition coefficient (Wildman–Crippen LogP) is 3.59. The molecule has 4 rings (SSSR count). The smallest absolute Gasteiger partial charge is 0.326 e. The molecule has 4 aromatic rings. The lowest BCUT2D eigenvalue weighted by atomic mass is 10.1. The monoisotopic (exact) mass is 474 g/mol. The molecular weight excluding hydrogens is 448 g/mol. The van der Waals surface area contributed by atoms with Gasteiger partial charge in [-0.2, -0.15) is 0 Å². The number of nitrogens with zero attached hydrogens (tertiary/aromatic N) is 1. The number of benzene rings is 3. The van der Waals surface area contributed by atoms with E-state index in [9.17, 15) is 14.4 Å². The van der Waals surface area contributed by atoms with Crippen LogP contribution in [0, 0.1) is 0 Å². The zero-order valence-corrected chi connectivity index (χ0v) is 19.7. The largest absolute Gasteiger partial charge is 0.497 e. The first-order chi connectivity index (χ1) is 16.9. The van der Waals surface area contributed by atoms with Crippen molar-refractivity contribution in [2.24, 2.45) is 0 Å². The summed E-state index contributed by atoms with van der Waals surface area (Å²) < 4.78 is 17.6. The van der Waals surface area contributed by atoms with Crippen LogP contribution in [-0.2, 0) is 20.9 Å². The Morgan fingerprint density at radius 3 is 2.14 bits per heavy atom. The summed E-state index contributed by atoms with van der Waals surface area (Å²) in [4.78, 5) is 38.0. The van der Waals surface area contributed by atoms with E-state index in [-0.39, 0.29) is 12.0 Å². The van der Waals surface area contributed by atoms with Crippen molar-refractivity contribution in [3.63, 3.8) is 0 Å². The maximum Gasteiger partial charge on any atom is 0.326 e. The molecule has 0 aliphatic rings. The fourth-order valence-electron chi connectivity index (χ4n) is 4.11. The number of para-hydroxylation sites is 2. The average Bonchev–Trinajstić information content (AvgIpc) is 2.89. The minimum atomic E-state index is -0.592.